The first-order chi connectivity index (χ1) is 9.55. The molecule has 0 aliphatic heterocycles. The molecule has 5 heteroatoms. The summed E-state index contributed by atoms with van der Waals surface area (Å²) in [5.74, 6) is 0. The molecule has 0 saturated carbocycles. The maximum absolute atomic E-state index is 4.68. The maximum Gasteiger partial charge on any atom is 0.107 e. The third-order valence-corrected chi connectivity index (χ3v) is 4.02. The van der Waals surface area contributed by atoms with Gasteiger partial charge in [-0.1, -0.05) is 20.8 Å². The van der Waals surface area contributed by atoms with Crippen molar-refractivity contribution in [1.29, 1.82) is 0 Å². The Bertz CT molecular complexity index is 496. The van der Waals surface area contributed by atoms with E-state index >= 15 is 0 Å². The predicted molar refractivity (Wildman–Crippen MR) is 84.0 cm³/mol. The molecule has 2 heterocycles. The Morgan fingerprint density at radius 1 is 1.30 bits per heavy atom. The average Bonchev–Trinajstić information content (AvgIpc) is 3.04. The monoisotopic (exact) mass is 292 g/mol. The van der Waals surface area contributed by atoms with Crippen LogP contribution in [-0.2, 0) is 18.5 Å². The Labute approximate surface area is 125 Å². The van der Waals surface area contributed by atoms with Crippen molar-refractivity contribution in [3.05, 3.63) is 34.8 Å². The molecule has 0 fully saturated rings. The highest BCUT2D eigenvalue weighted by Gasteiger charge is 2.16. The SMILES string of the molecule is CC(C)(C)c1csc(CNCCCCn2ccnc2)n1. The van der Waals surface area contributed by atoms with E-state index < -0.39 is 0 Å². The predicted octanol–water partition coefficient (Wildman–Crippen LogP) is 3.21. The zero-order valence-corrected chi connectivity index (χ0v) is 13.4. The van der Waals surface area contributed by atoms with Gasteiger partial charge in [0, 0.05) is 36.3 Å². The van der Waals surface area contributed by atoms with Crippen LogP contribution >= 0.6 is 11.3 Å². The summed E-state index contributed by atoms with van der Waals surface area (Å²) < 4.78 is 2.12. The van der Waals surface area contributed by atoms with Gasteiger partial charge in [0.05, 0.1) is 12.0 Å². The van der Waals surface area contributed by atoms with E-state index in [-0.39, 0.29) is 5.41 Å². The number of rotatable bonds is 7. The van der Waals surface area contributed by atoms with Crippen LogP contribution in [0.5, 0.6) is 0 Å². The number of unbranched alkanes of at least 4 members (excludes halogenated alkanes) is 1. The van der Waals surface area contributed by atoms with Crippen LogP contribution in [0.15, 0.2) is 24.1 Å². The number of imidazole rings is 1. The minimum Gasteiger partial charge on any atom is -0.337 e. The Kier molecular flexibility index (Phi) is 5.31. The molecule has 110 valence electrons. The van der Waals surface area contributed by atoms with Gasteiger partial charge in [-0.25, -0.2) is 9.97 Å². The van der Waals surface area contributed by atoms with Crippen molar-refractivity contribution in [2.45, 2.75) is 52.1 Å². The third kappa shape index (κ3) is 4.72. The van der Waals surface area contributed by atoms with Crippen molar-refractivity contribution in [3.8, 4) is 0 Å². The first kappa shape index (κ1) is 15.2. The highest BCUT2D eigenvalue weighted by molar-refractivity contribution is 7.09. The van der Waals surface area contributed by atoms with E-state index in [9.17, 15) is 0 Å². The second-order valence-electron chi connectivity index (χ2n) is 6.06. The largest absolute Gasteiger partial charge is 0.337 e. The smallest absolute Gasteiger partial charge is 0.107 e. The van der Waals surface area contributed by atoms with Crippen LogP contribution < -0.4 is 5.32 Å². The molecule has 0 bridgehead atoms. The van der Waals surface area contributed by atoms with Crippen molar-refractivity contribution in [2.75, 3.05) is 6.54 Å². The topological polar surface area (TPSA) is 42.7 Å². The molecule has 0 aliphatic rings. The molecule has 2 rings (SSSR count). The number of hydrogen-bond donors (Lipinski definition) is 1. The molecule has 0 aliphatic carbocycles. The van der Waals surface area contributed by atoms with Gasteiger partial charge in [0.25, 0.3) is 0 Å². The van der Waals surface area contributed by atoms with E-state index in [4.69, 9.17) is 0 Å². The van der Waals surface area contributed by atoms with Crippen molar-refractivity contribution in [3.63, 3.8) is 0 Å². The van der Waals surface area contributed by atoms with Gasteiger partial charge in [0.15, 0.2) is 0 Å². The highest BCUT2D eigenvalue weighted by atomic mass is 32.1. The molecule has 0 spiro atoms. The average molecular weight is 292 g/mol. The first-order valence-electron chi connectivity index (χ1n) is 7.17. The zero-order chi connectivity index (χ0) is 14.4. The summed E-state index contributed by atoms with van der Waals surface area (Å²) in [6.07, 6.45) is 8.06. The van der Waals surface area contributed by atoms with E-state index in [0.29, 0.717) is 0 Å². The minimum atomic E-state index is 0.152. The molecule has 0 saturated heterocycles. The lowest BCUT2D eigenvalue weighted by molar-refractivity contribution is 0.557. The van der Waals surface area contributed by atoms with E-state index in [2.05, 4.69) is 46.0 Å². The molecule has 0 radical (unpaired) electrons. The normalized spacial score (nSPS) is 11.9. The van der Waals surface area contributed by atoms with Crippen molar-refractivity contribution in [1.82, 2.24) is 19.9 Å². The lowest BCUT2D eigenvalue weighted by Gasteiger charge is -2.14. The fraction of sp³-hybridized carbons (Fsp3) is 0.600. The van der Waals surface area contributed by atoms with Crippen LogP contribution in [0, 0.1) is 0 Å². The van der Waals surface area contributed by atoms with Gasteiger partial charge in [0.2, 0.25) is 0 Å². The molecule has 20 heavy (non-hydrogen) atoms. The number of nitrogens with zero attached hydrogens (tertiary/aromatic N) is 3. The number of nitrogens with one attached hydrogen (secondary N) is 1. The highest BCUT2D eigenvalue weighted by Crippen LogP contribution is 2.23. The summed E-state index contributed by atoms with van der Waals surface area (Å²) in [7, 11) is 0. The van der Waals surface area contributed by atoms with Crippen LogP contribution in [0.1, 0.15) is 44.3 Å². The number of aryl methyl sites for hydroxylation is 1. The molecule has 0 atom stereocenters. The second kappa shape index (κ2) is 6.99. The summed E-state index contributed by atoms with van der Waals surface area (Å²) in [5, 5.41) is 6.83. The van der Waals surface area contributed by atoms with E-state index in [1.165, 1.54) is 23.5 Å². The van der Waals surface area contributed by atoms with Crippen LogP contribution in [0.25, 0.3) is 0 Å². The number of aromatic nitrogens is 3. The molecule has 0 amide bonds. The number of hydrogen-bond acceptors (Lipinski definition) is 4. The Morgan fingerprint density at radius 2 is 2.15 bits per heavy atom. The molecule has 0 unspecified atom stereocenters. The van der Waals surface area contributed by atoms with Gasteiger partial charge >= 0.3 is 0 Å². The first-order valence-corrected chi connectivity index (χ1v) is 8.05. The van der Waals surface area contributed by atoms with Gasteiger partial charge in [-0.15, -0.1) is 11.3 Å². The second-order valence-corrected chi connectivity index (χ2v) is 7.00. The van der Waals surface area contributed by atoms with Gasteiger partial charge in [0.1, 0.15) is 5.01 Å². The van der Waals surface area contributed by atoms with Gasteiger partial charge < -0.3 is 9.88 Å². The lowest BCUT2D eigenvalue weighted by Crippen LogP contribution is -2.16. The molecule has 2 aromatic heterocycles. The van der Waals surface area contributed by atoms with Crippen molar-refractivity contribution in [2.24, 2.45) is 0 Å². The minimum absolute atomic E-state index is 0.152. The molecule has 4 nitrogen and oxygen atoms in total. The fourth-order valence-electron chi connectivity index (χ4n) is 1.90. The summed E-state index contributed by atoms with van der Waals surface area (Å²) in [6.45, 7) is 9.58. The summed E-state index contributed by atoms with van der Waals surface area (Å²) in [5.41, 5.74) is 1.35. The van der Waals surface area contributed by atoms with E-state index in [1.807, 2.05) is 18.7 Å². The molecular formula is C15H24N4S. The molecule has 2 aromatic rings. The lowest BCUT2D eigenvalue weighted by atomic mass is 9.93. The van der Waals surface area contributed by atoms with Gasteiger partial charge in [-0.3, -0.25) is 0 Å². The van der Waals surface area contributed by atoms with E-state index in [0.717, 1.165) is 19.6 Å². The standard InChI is InChI=1S/C15H24N4S/c1-15(2,3)13-11-20-14(18-13)10-16-6-4-5-8-19-9-7-17-12-19/h7,9,11-12,16H,4-6,8,10H2,1-3H3. The Morgan fingerprint density at radius 3 is 2.80 bits per heavy atom. The summed E-state index contributed by atoms with van der Waals surface area (Å²) in [4.78, 5) is 8.72. The Hall–Kier alpha value is -1.20. The molecule has 1 N–H and O–H groups in total. The maximum atomic E-state index is 4.68. The van der Waals surface area contributed by atoms with Crippen LogP contribution in [-0.4, -0.2) is 21.1 Å². The summed E-state index contributed by atoms with van der Waals surface area (Å²) in [6, 6.07) is 0. The van der Waals surface area contributed by atoms with Crippen molar-refractivity contribution < 1.29 is 0 Å². The number of thiazole rings is 1. The quantitative estimate of drug-likeness (QED) is 0.797. The third-order valence-electron chi connectivity index (χ3n) is 3.18. The molecule has 0 aromatic carbocycles. The van der Waals surface area contributed by atoms with Gasteiger partial charge in [-0.2, -0.15) is 0 Å². The van der Waals surface area contributed by atoms with Crippen molar-refractivity contribution >= 4 is 11.3 Å². The van der Waals surface area contributed by atoms with Crippen LogP contribution in [0.2, 0.25) is 0 Å². The Balaban J connectivity index is 1.60. The summed E-state index contributed by atoms with van der Waals surface area (Å²) >= 11 is 1.75. The fourth-order valence-corrected chi connectivity index (χ4v) is 2.89. The molecular weight excluding hydrogens is 268 g/mol. The van der Waals surface area contributed by atoms with Crippen LogP contribution in [0.4, 0.5) is 0 Å². The zero-order valence-electron chi connectivity index (χ0n) is 12.6. The van der Waals surface area contributed by atoms with E-state index in [1.54, 1.807) is 11.3 Å². The van der Waals surface area contributed by atoms with Crippen LogP contribution in [0.3, 0.4) is 0 Å². The van der Waals surface area contributed by atoms with Gasteiger partial charge in [-0.05, 0) is 19.4 Å².